The molecule has 98 valence electrons. The van der Waals surface area contributed by atoms with Gasteiger partial charge in [0.2, 0.25) is 0 Å². The number of hydrogen-bond acceptors (Lipinski definition) is 2. The fraction of sp³-hybridized carbons (Fsp3) is 0.571. The van der Waals surface area contributed by atoms with Crippen LogP contribution in [-0.4, -0.2) is 15.6 Å². The molecule has 4 heteroatoms. The molecule has 1 aromatic rings. The molecule has 2 aliphatic heterocycles. The van der Waals surface area contributed by atoms with Gasteiger partial charge in [-0.2, -0.15) is 11.8 Å². The number of thioether (sulfide) groups is 1. The van der Waals surface area contributed by atoms with Gasteiger partial charge in [0.15, 0.2) is 0 Å². The maximum Gasteiger partial charge on any atom is 0.126 e. The van der Waals surface area contributed by atoms with Crippen molar-refractivity contribution in [1.82, 2.24) is 0 Å². The van der Waals surface area contributed by atoms with Crippen LogP contribution in [0.3, 0.4) is 0 Å². The van der Waals surface area contributed by atoms with Crippen LogP contribution in [0, 0.1) is 11.6 Å². The van der Waals surface area contributed by atoms with Crippen molar-refractivity contribution in [3.05, 3.63) is 35.4 Å². The van der Waals surface area contributed by atoms with Crippen molar-refractivity contribution in [2.75, 3.05) is 0 Å². The second-order valence-corrected chi connectivity index (χ2v) is 7.01. The Balaban J connectivity index is 1.93. The van der Waals surface area contributed by atoms with E-state index >= 15 is 0 Å². The van der Waals surface area contributed by atoms with Crippen molar-refractivity contribution in [2.45, 2.75) is 48.2 Å². The summed E-state index contributed by atoms with van der Waals surface area (Å²) in [6.45, 7) is 0. The highest BCUT2D eigenvalue weighted by Crippen LogP contribution is 2.49. The topological polar surface area (TPSA) is 20.2 Å². The van der Waals surface area contributed by atoms with Crippen molar-refractivity contribution in [3.63, 3.8) is 0 Å². The normalized spacial score (nSPS) is 35.5. The fourth-order valence-corrected chi connectivity index (χ4v) is 5.07. The van der Waals surface area contributed by atoms with E-state index in [0.29, 0.717) is 28.9 Å². The summed E-state index contributed by atoms with van der Waals surface area (Å²) in [7, 11) is 0. The summed E-state index contributed by atoms with van der Waals surface area (Å²) >= 11 is 1.93. The lowest BCUT2D eigenvalue weighted by molar-refractivity contribution is 0.00757. The number of benzene rings is 1. The maximum atomic E-state index is 13.3. The number of hydrogen-bond donors (Lipinski definition) is 1. The number of aliphatic hydroxyl groups is 1. The molecule has 2 atom stereocenters. The molecule has 0 aliphatic carbocycles. The first kappa shape index (κ1) is 12.4. The van der Waals surface area contributed by atoms with Crippen LogP contribution < -0.4 is 0 Å². The predicted octanol–water partition coefficient (Wildman–Crippen LogP) is 3.60. The van der Waals surface area contributed by atoms with Crippen LogP contribution in [0.2, 0.25) is 0 Å². The zero-order valence-electron chi connectivity index (χ0n) is 10.0. The van der Waals surface area contributed by atoms with Crippen molar-refractivity contribution >= 4 is 11.8 Å². The van der Waals surface area contributed by atoms with E-state index < -0.39 is 17.2 Å². The van der Waals surface area contributed by atoms with Crippen LogP contribution in [0.5, 0.6) is 0 Å². The number of halogens is 2. The summed E-state index contributed by atoms with van der Waals surface area (Å²) in [4.78, 5) is 0. The van der Waals surface area contributed by atoms with Gasteiger partial charge in [-0.1, -0.05) is 6.42 Å². The monoisotopic (exact) mass is 270 g/mol. The molecule has 0 spiro atoms. The Morgan fingerprint density at radius 1 is 1.06 bits per heavy atom. The fourth-order valence-electron chi connectivity index (χ4n) is 3.18. The molecule has 2 fully saturated rings. The lowest BCUT2D eigenvalue weighted by Crippen LogP contribution is -2.40. The minimum absolute atomic E-state index is 0.400. The Morgan fingerprint density at radius 3 is 2.17 bits per heavy atom. The molecule has 2 aliphatic rings. The zero-order valence-corrected chi connectivity index (χ0v) is 10.9. The van der Waals surface area contributed by atoms with Crippen LogP contribution >= 0.6 is 11.8 Å². The van der Waals surface area contributed by atoms with E-state index in [-0.39, 0.29) is 0 Å². The third kappa shape index (κ3) is 2.28. The highest BCUT2D eigenvalue weighted by molar-refractivity contribution is 8.00. The summed E-state index contributed by atoms with van der Waals surface area (Å²) in [6.07, 6.45) is 4.62. The Labute approximate surface area is 110 Å². The summed E-state index contributed by atoms with van der Waals surface area (Å²) in [6, 6.07) is 3.40. The smallest absolute Gasteiger partial charge is 0.126 e. The lowest BCUT2D eigenvalue weighted by atomic mass is 9.80. The molecule has 2 unspecified atom stereocenters. The first-order valence-electron chi connectivity index (χ1n) is 6.40. The van der Waals surface area contributed by atoms with Crippen molar-refractivity contribution in [1.29, 1.82) is 0 Å². The average Bonchev–Trinajstić information content (AvgIpc) is 2.26. The van der Waals surface area contributed by atoms with Gasteiger partial charge >= 0.3 is 0 Å². The number of rotatable bonds is 1. The van der Waals surface area contributed by atoms with Gasteiger partial charge in [0, 0.05) is 16.6 Å². The minimum atomic E-state index is -1.05. The van der Waals surface area contributed by atoms with Crippen LogP contribution in [-0.2, 0) is 5.60 Å². The summed E-state index contributed by atoms with van der Waals surface area (Å²) < 4.78 is 26.6. The van der Waals surface area contributed by atoms with Gasteiger partial charge in [-0.15, -0.1) is 0 Å². The number of fused-ring (bicyclic) bond motifs is 2. The maximum absolute atomic E-state index is 13.3. The van der Waals surface area contributed by atoms with E-state index in [1.165, 1.54) is 18.6 Å². The first-order chi connectivity index (χ1) is 8.55. The molecule has 2 heterocycles. The SMILES string of the molecule is OC1(c2cc(F)cc(F)c2)CC2CCCC(C1)S2. The molecular weight excluding hydrogens is 254 g/mol. The van der Waals surface area contributed by atoms with Crippen LogP contribution in [0.15, 0.2) is 18.2 Å². The van der Waals surface area contributed by atoms with Crippen LogP contribution in [0.25, 0.3) is 0 Å². The molecule has 3 rings (SSSR count). The van der Waals surface area contributed by atoms with Crippen molar-refractivity contribution < 1.29 is 13.9 Å². The Hall–Kier alpha value is -0.610. The first-order valence-corrected chi connectivity index (χ1v) is 7.34. The summed E-state index contributed by atoms with van der Waals surface area (Å²) in [5.41, 5.74) is -0.651. The standard InChI is InChI=1S/C14H16F2OS/c15-10-4-9(5-11(16)6-10)14(17)7-12-2-1-3-13(8-14)18-12/h4-6,12-13,17H,1-3,7-8H2. The quantitative estimate of drug-likeness (QED) is 0.841. The molecule has 0 aromatic heterocycles. The highest BCUT2D eigenvalue weighted by Gasteiger charge is 2.42. The van der Waals surface area contributed by atoms with Gasteiger partial charge in [-0.3, -0.25) is 0 Å². The molecular formula is C14H16F2OS. The molecule has 1 aromatic carbocycles. The lowest BCUT2D eigenvalue weighted by Gasteiger charge is -2.44. The predicted molar refractivity (Wildman–Crippen MR) is 68.5 cm³/mol. The summed E-state index contributed by atoms with van der Waals surface area (Å²) in [5, 5.41) is 11.6. The molecule has 1 N–H and O–H groups in total. The molecule has 0 amide bonds. The minimum Gasteiger partial charge on any atom is -0.385 e. The second-order valence-electron chi connectivity index (χ2n) is 5.41. The molecule has 0 saturated carbocycles. The van der Waals surface area contributed by atoms with Gasteiger partial charge in [0.1, 0.15) is 11.6 Å². The van der Waals surface area contributed by atoms with Crippen LogP contribution in [0.4, 0.5) is 8.78 Å². The van der Waals surface area contributed by atoms with E-state index in [9.17, 15) is 13.9 Å². The molecule has 2 saturated heterocycles. The third-order valence-electron chi connectivity index (χ3n) is 3.97. The second kappa shape index (κ2) is 4.49. The molecule has 18 heavy (non-hydrogen) atoms. The van der Waals surface area contributed by atoms with E-state index in [4.69, 9.17) is 0 Å². The Bertz CT molecular complexity index is 431. The Kier molecular flexibility index (Phi) is 3.10. The van der Waals surface area contributed by atoms with Gasteiger partial charge in [-0.05, 0) is 43.4 Å². The zero-order chi connectivity index (χ0) is 12.8. The van der Waals surface area contributed by atoms with E-state index in [1.807, 2.05) is 11.8 Å². The molecule has 0 radical (unpaired) electrons. The van der Waals surface area contributed by atoms with Crippen molar-refractivity contribution in [2.24, 2.45) is 0 Å². The van der Waals surface area contributed by atoms with Gasteiger partial charge < -0.3 is 5.11 Å². The average molecular weight is 270 g/mol. The van der Waals surface area contributed by atoms with E-state index in [1.54, 1.807) is 0 Å². The van der Waals surface area contributed by atoms with Gasteiger partial charge in [0.05, 0.1) is 5.60 Å². The third-order valence-corrected chi connectivity index (χ3v) is 5.54. The van der Waals surface area contributed by atoms with E-state index in [2.05, 4.69) is 0 Å². The molecule has 1 nitrogen and oxygen atoms in total. The van der Waals surface area contributed by atoms with E-state index in [0.717, 1.165) is 18.9 Å². The van der Waals surface area contributed by atoms with Crippen molar-refractivity contribution in [3.8, 4) is 0 Å². The highest BCUT2D eigenvalue weighted by atomic mass is 32.2. The van der Waals surface area contributed by atoms with Gasteiger partial charge in [-0.25, -0.2) is 8.78 Å². The Morgan fingerprint density at radius 2 is 1.61 bits per heavy atom. The largest absolute Gasteiger partial charge is 0.385 e. The summed E-state index contributed by atoms with van der Waals surface area (Å²) in [5.74, 6) is -1.22. The molecule has 2 bridgehead atoms. The van der Waals surface area contributed by atoms with Gasteiger partial charge in [0.25, 0.3) is 0 Å². The van der Waals surface area contributed by atoms with Crippen LogP contribution in [0.1, 0.15) is 37.7 Å².